The molecule has 0 radical (unpaired) electrons. The molecule has 4 amide bonds. The molecule has 220 valence electrons. The molecule has 0 aliphatic carbocycles. The van der Waals surface area contributed by atoms with Crippen LogP contribution in [0.2, 0.25) is 0 Å². The predicted molar refractivity (Wildman–Crippen MR) is 157 cm³/mol. The van der Waals surface area contributed by atoms with Crippen LogP contribution in [0.15, 0.2) is 42.5 Å². The minimum absolute atomic E-state index is 0.00153. The van der Waals surface area contributed by atoms with Gasteiger partial charge in [0.1, 0.15) is 17.2 Å². The maximum absolute atomic E-state index is 12.2. The van der Waals surface area contributed by atoms with E-state index in [1.165, 1.54) is 24.0 Å². The molecule has 0 heterocycles. The van der Waals surface area contributed by atoms with Crippen LogP contribution < -0.4 is 10.6 Å². The predicted octanol–water partition coefficient (Wildman–Crippen LogP) is 4.46. The van der Waals surface area contributed by atoms with Crippen molar-refractivity contribution in [3.05, 3.63) is 75.8 Å². The number of carbonyl (C=O) groups is 2. The zero-order valence-electron chi connectivity index (χ0n) is 24.2. The Kier molecular flexibility index (Phi) is 10.4. The number of nitrogens with one attached hydrogen (secondary N) is 2. The molecule has 3 aromatic carbocycles. The Bertz CT molecular complexity index is 1300. The van der Waals surface area contributed by atoms with Crippen LogP contribution in [-0.2, 0) is 35.5 Å². The van der Waals surface area contributed by atoms with Gasteiger partial charge in [-0.3, -0.25) is 0 Å². The maximum Gasteiger partial charge on any atom is 0.321 e. The van der Waals surface area contributed by atoms with Crippen LogP contribution in [0.4, 0.5) is 21.0 Å². The molecule has 0 fully saturated rings. The number of benzene rings is 3. The van der Waals surface area contributed by atoms with E-state index in [2.05, 4.69) is 10.6 Å². The second-order valence-electron chi connectivity index (χ2n) is 10.1. The average molecular weight is 567 g/mol. The highest BCUT2D eigenvalue weighted by Crippen LogP contribution is 2.36. The van der Waals surface area contributed by atoms with Crippen molar-refractivity contribution < 1.29 is 34.4 Å². The van der Waals surface area contributed by atoms with Crippen LogP contribution in [0.3, 0.4) is 0 Å². The Morgan fingerprint density at radius 2 is 0.976 bits per heavy atom. The van der Waals surface area contributed by atoms with Gasteiger partial charge in [-0.1, -0.05) is 18.2 Å². The Balaban J connectivity index is 1.98. The fraction of sp³-hybridized carbons (Fsp3) is 0.333. The molecule has 3 rings (SSSR count). The summed E-state index contributed by atoms with van der Waals surface area (Å²) in [5.74, 6) is 0.00901. The van der Waals surface area contributed by atoms with Crippen LogP contribution in [-0.4, -0.2) is 79.6 Å². The van der Waals surface area contributed by atoms with E-state index in [4.69, 9.17) is 9.47 Å². The number of phenolic OH excluding ortho intramolecular Hbond substituents is 3. The van der Waals surface area contributed by atoms with Crippen molar-refractivity contribution in [3.63, 3.8) is 0 Å². The smallest absolute Gasteiger partial charge is 0.321 e. The number of hydrogen-bond donors (Lipinski definition) is 5. The van der Waals surface area contributed by atoms with Gasteiger partial charge in [-0.2, -0.15) is 0 Å². The van der Waals surface area contributed by atoms with Gasteiger partial charge in [-0.05, 0) is 35.4 Å². The summed E-state index contributed by atoms with van der Waals surface area (Å²) >= 11 is 0. The summed E-state index contributed by atoms with van der Waals surface area (Å²) in [5, 5.41) is 38.7. The topological polar surface area (TPSA) is 144 Å². The van der Waals surface area contributed by atoms with Crippen molar-refractivity contribution in [2.75, 3.05) is 53.0 Å². The number of anilines is 2. The number of urea groups is 2. The average Bonchev–Trinajstić information content (AvgIpc) is 2.91. The molecule has 11 heteroatoms. The summed E-state index contributed by atoms with van der Waals surface area (Å²) in [6.07, 6.45) is 0.321. The summed E-state index contributed by atoms with van der Waals surface area (Å²) in [6.45, 7) is 0.251. The molecular formula is C30H38N4O7. The van der Waals surface area contributed by atoms with E-state index in [1.807, 2.05) is 0 Å². The van der Waals surface area contributed by atoms with Gasteiger partial charge in [0.15, 0.2) is 0 Å². The van der Waals surface area contributed by atoms with E-state index in [0.29, 0.717) is 44.8 Å². The van der Waals surface area contributed by atoms with Crippen molar-refractivity contribution in [2.24, 2.45) is 0 Å². The Labute approximate surface area is 239 Å². The lowest BCUT2D eigenvalue weighted by atomic mass is 9.95. The van der Waals surface area contributed by atoms with Crippen molar-refractivity contribution in [2.45, 2.75) is 26.1 Å². The first-order valence-corrected chi connectivity index (χ1v) is 12.9. The standard InChI is InChI=1S/C30H38N4O7/c1-33(2)29(38)31-24-12-20(27(36)22(14-24)16-40-5)10-18-8-7-9-19(26(18)35)11-21-13-25(32-30(39)34(3)4)15-23(17-41-6)28(21)37/h7-9,12-15,35-37H,10-11,16-17H2,1-6H3,(H,31,38)(H,32,39). The van der Waals surface area contributed by atoms with Crippen molar-refractivity contribution >= 4 is 23.4 Å². The minimum atomic E-state index is -0.327. The first kappa shape index (κ1) is 31.1. The third kappa shape index (κ3) is 7.80. The van der Waals surface area contributed by atoms with E-state index < -0.39 is 0 Å². The summed E-state index contributed by atoms with van der Waals surface area (Å²) in [6, 6.07) is 11.2. The highest BCUT2D eigenvalue weighted by Gasteiger charge is 2.18. The fourth-order valence-electron chi connectivity index (χ4n) is 4.28. The number of para-hydroxylation sites is 1. The van der Waals surface area contributed by atoms with Crippen molar-refractivity contribution in [3.8, 4) is 17.2 Å². The van der Waals surface area contributed by atoms with Gasteiger partial charge >= 0.3 is 12.1 Å². The number of rotatable bonds is 10. The summed E-state index contributed by atoms with van der Waals surface area (Å²) in [4.78, 5) is 27.3. The molecule has 3 aromatic rings. The monoisotopic (exact) mass is 566 g/mol. The Hall–Kier alpha value is -4.48. The molecule has 41 heavy (non-hydrogen) atoms. The highest BCUT2D eigenvalue weighted by molar-refractivity contribution is 5.90. The number of methoxy groups -OCH3 is 2. The van der Waals surface area contributed by atoms with Crippen LogP contribution in [0.25, 0.3) is 0 Å². The van der Waals surface area contributed by atoms with E-state index in [-0.39, 0.29) is 55.4 Å². The number of carbonyl (C=O) groups excluding carboxylic acids is 2. The van der Waals surface area contributed by atoms with Gasteiger partial charge in [0.25, 0.3) is 0 Å². The van der Waals surface area contributed by atoms with Gasteiger partial charge in [0.2, 0.25) is 0 Å². The van der Waals surface area contributed by atoms with E-state index in [1.54, 1.807) is 70.7 Å². The summed E-state index contributed by atoms with van der Waals surface area (Å²) < 4.78 is 10.4. The molecule has 0 saturated carbocycles. The molecule has 0 spiro atoms. The van der Waals surface area contributed by atoms with Gasteiger partial charge in [0.05, 0.1) is 13.2 Å². The molecule has 0 bridgehead atoms. The third-order valence-electron chi connectivity index (χ3n) is 6.42. The number of nitrogens with zero attached hydrogens (tertiary/aromatic N) is 2. The lowest BCUT2D eigenvalue weighted by Gasteiger charge is -2.18. The van der Waals surface area contributed by atoms with Gasteiger partial charge in [0, 0.05) is 88.9 Å². The second kappa shape index (κ2) is 13.7. The maximum atomic E-state index is 12.2. The third-order valence-corrected chi connectivity index (χ3v) is 6.42. The fourth-order valence-corrected chi connectivity index (χ4v) is 4.28. The zero-order chi connectivity index (χ0) is 30.3. The Morgan fingerprint density at radius 3 is 1.32 bits per heavy atom. The van der Waals surface area contributed by atoms with Crippen LogP contribution in [0.5, 0.6) is 17.2 Å². The molecule has 5 N–H and O–H groups in total. The van der Waals surface area contributed by atoms with Gasteiger partial charge < -0.3 is 45.2 Å². The van der Waals surface area contributed by atoms with Gasteiger partial charge in [-0.25, -0.2) is 9.59 Å². The van der Waals surface area contributed by atoms with Crippen molar-refractivity contribution in [1.29, 1.82) is 0 Å². The highest BCUT2D eigenvalue weighted by atomic mass is 16.5. The van der Waals surface area contributed by atoms with E-state index >= 15 is 0 Å². The van der Waals surface area contributed by atoms with Crippen molar-refractivity contribution in [1.82, 2.24) is 9.80 Å². The first-order valence-electron chi connectivity index (χ1n) is 12.9. The SMILES string of the molecule is COCc1cc(NC(=O)N(C)C)cc(Cc2cccc(Cc3cc(NC(=O)N(C)C)cc(COC)c3O)c2O)c1O. The normalized spacial score (nSPS) is 10.8. The minimum Gasteiger partial charge on any atom is -0.507 e. The van der Waals surface area contributed by atoms with E-state index in [9.17, 15) is 24.9 Å². The lowest BCUT2D eigenvalue weighted by molar-refractivity contribution is 0.182. The summed E-state index contributed by atoms with van der Waals surface area (Å²) in [7, 11) is 9.51. The second-order valence-corrected chi connectivity index (χ2v) is 10.1. The summed E-state index contributed by atoms with van der Waals surface area (Å²) in [5.41, 5.74) is 3.97. The Morgan fingerprint density at radius 1 is 0.634 bits per heavy atom. The molecule has 0 saturated heterocycles. The largest absolute Gasteiger partial charge is 0.507 e. The number of hydrogen-bond acceptors (Lipinski definition) is 7. The molecule has 0 aliphatic heterocycles. The number of amides is 4. The molecule has 11 nitrogen and oxygen atoms in total. The number of aromatic hydroxyl groups is 3. The molecule has 0 aromatic heterocycles. The van der Waals surface area contributed by atoms with Crippen LogP contribution in [0, 0.1) is 0 Å². The quantitative estimate of drug-likeness (QED) is 0.228. The number of phenols is 3. The van der Waals surface area contributed by atoms with Crippen LogP contribution in [0.1, 0.15) is 33.4 Å². The van der Waals surface area contributed by atoms with Crippen LogP contribution >= 0.6 is 0 Å². The first-order chi connectivity index (χ1) is 19.4. The van der Waals surface area contributed by atoms with E-state index in [0.717, 1.165) is 0 Å². The lowest BCUT2D eigenvalue weighted by Crippen LogP contribution is -2.27. The molecule has 0 unspecified atom stereocenters. The molecule has 0 aliphatic rings. The zero-order valence-corrected chi connectivity index (χ0v) is 24.2. The molecule has 0 atom stereocenters. The number of ether oxygens (including phenoxy) is 2. The van der Waals surface area contributed by atoms with Gasteiger partial charge in [-0.15, -0.1) is 0 Å². The molecular weight excluding hydrogens is 528 g/mol.